The number of fused-ring (bicyclic) bond motifs is 1. The van der Waals surface area contributed by atoms with E-state index in [0.29, 0.717) is 12.4 Å². The molecule has 0 aliphatic carbocycles. The molecule has 2 aromatic heterocycles. The number of rotatable bonds is 6. The molecular formula is C14H21N3OS. The predicted octanol–water partition coefficient (Wildman–Crippen LogP) is 3.71. The first-order valence-electron chi connectivity index (χ1n) is 6.86. The Morgan fingerprint density at radius 3 is 2.74 bits per heavy atom. The van der Waals surface area contributed by atoms with Crippen molar-refractivity contribution in [1.82, 2.24) is 9.97 Å². The molecule has 1 unspecified atom stereocenters. The highest BCUT2D eigenvalue weighted by Crippen LogP contribution is 2.30. The van der Waals surface area contributed by atoms with Gasteiger partial charge in [0.2, 0.25) is 0 Å². The zero-order valence-corrected chi connectivity index (χ0v) is 12.6. The lowest BCUT2D eigenvalue weighted by Crippen LogP contribution is -2.10. The van der Waals surface area contributed by atoms with Crippen LogP contribution in [0.1, 0.15) is 50.4 Å². The molecule has 0 bridgehead atoms. The summed E-state index contributed by atoms with van der Waals surface area (Å²) in [5.41, 5.74) is 6.06. The maximum absolute atomic E-state index is 6.06. The van der Waals surface area contributed by atoms with E-state index in [1.54, 1.807) is 11.3 Å². The van der Waals surface area contributed by atoms with Crippen LogP contribution in [0.3, 0.4) is 0 Å². The number of nitrogens with two attached hydrogens (primary N) is 1. The minimum absolute atomic E-state index is 0.0473. The Balaban J connectivity index is 2.42. The van der Waals surface area contributed by atoms with Crippen LogP contribution in [0.15, 0.2) is 6.07 Å². The molecule has 0 saturated heterocycles. The van der Waals surface area contributed by atoms with E-state index in [2.05, 4.69) is 29.9 Å². The van der Waals surface area contributed by atoms with E-state index in [0.717, 1.165) is 35.3 Å². The molecule has 0 amide bonds. The first kappa shape index (κ1) is 14.2. The molecule has 0 saturated carbocycles. The molecule has 1 atom stereocenters. The molecule has 0 aliphatic heterocycles. The van der Waals surface area contributed by atoms with E-state index in [9.17, 15) is 0 Å². The number of hydrogen-bond acceptors (Lipinski definition) is 5. The highest BCUT2D eigenvalue weighted by molar-refractivity contribution is 7.18. The molecule has 19 heavy (non-hydrogen) atoms. The number of anilines is 1. The van der Waals surface area contributed by atoms with Gasteiger partial charge in [-0.1, -0.05) is 20.3 Å². The lowest BCUT2D eigenvalue weighted by atomic mass is 10.2. The van der Waals surface area contributed by atoms with Crippen LogP contribution in [0.2, 0.25) is 0 Å². The summed E-state index contributed by atoms with van der Waals surface area (Å²) < 4.78 is 5.73. The average molecular weight is 279 g/mol. The minimum atomic E-state index is -0.0473. The Morgan fingerprint density at radius 1 is 1.32 bits per heavy atom. The molecule has 2 N–H and O–H groups in total. The molecule has 5 heteroatoms. The van der Waals surface area contributed by atoms with Crippen LogP contribution in [-0.4, -0.2) is 16.6 Å². The van der Waals surface area contributed by atoms with E-state index >= 15 is 0 Å². The SMILES string of the molecule is CCCC(OCC)c1nc(N)c2cc(CC)sc2n1. The summed E-state index contributed by atoms with van der Waals surface area (Å²) in [4.78, 5) is 11.3. The summed E-state index contributed by atoms with van der Waals surface area (Å²) in [6.07, 6.45) is 2.91. The number of aryl methyl sites for hydroxylation is 1. The van der Waals surface area contributed by atoms with Crippen molar-refractivity contribution in [3.8, 4) is 0 Å². The lowest BCUT2D eigenvalue weighted by molar-refractivity contribution is 0.0497. The molecule has 4 nitrogen and oxygen atoms in total. The van der Waals surface area contributed by atoms with Crippen molar-refractivity contribution in [3.05, 3.63) is 16.8 Å². The van der Waals surface area contributed by atoms with Gasteiger partial charge in [0.15, 0.2) is 5.82 Å². The van der Waals surface area contributed by atoms with Gasteiger partial charge >= 0.3 is 0 Å². The number of nitrogen functional groups attached to an aromatic ring is 1. The Labute approximate surface area is 118 Å². The zero-order chi connectivity index (χ0) is 13.8. The van der Waals surface area contributed by atoms with Crippen LogP contribution in [-0.2, 0) is 11.2 Å². The maximum Gasteiger partial charge on any atom is 0.161 e. The predicted molar refractivity (Wildman–Crippen MR) is 80.5 cm³/mol. The molecule has 0 aromatic carbocycles. The third-order valence-electron chi connectivity index (χ3n) is 3.05. The van der Waals surface area contributed by atoms with Crippen LogP contribution in [0.5, 0.6) is 0 Å². The van der Waals surface area contributed by atoms with Gasteiger partial charge in [-0.2, -0.15) is 0 Å². The standard InChI is InChI=1S/C14H21N3OS/c1-4-7-11(18-6-3)13-16-12(15)10-8-9(5-2)19-14(10)17-13/h8,11H,4-7H2,1-3H3,(H2,15,16,17). The largest absolute Gasteiger partial charge is 0.383 e. The second-order valence-electron chi connectivity index (χ2n) is 4.48. The van der Waals surface area contributed by atoms with Gasteiger partial charge in [0.1, 0.15) is 16.8 Å². The van der Waals surface area contributed by atoms with Crippen molar-refractivity contribution in [2.24, 2.45) is 0 Å². The normalized spacial score (nSPS) is 13.0. The van der Waals surface area contributed by atoms with Gasteiger partial charge in [0, 0.05) is 11.5 Å². The number of nitrogens with zero attached hydrogens (tertiary/aromatic N) is 2. The van der Waals surface area contributed by atoms with Crippen LogP contribution in [0.4, 0.5) is 5.82 Å². The van der Waals surface area contributed by atoms with E-state index in [1.807, 2.05) is 6.92 Å². The first-order chi connectivity index (χ1) is 9.19. The third-order valence-corrected chi connectivity index (χ3v) is 4.22. The van der Waals surface area contributed by atoms with Crippen molar-refractivity contribution < 1.29 is 4.74 Å². The average Bonchev–Trinajstić information content (AvgIpc) is 2.82. The molecule has 2 aromatic rings. The topological polar surface area (TPSA) is 61.0 Å². The Morgan fingerprint density at radius 2 is 2.11 bits per heavy atom. The van der Waals surface area contributed by atoms with E-state index in [-0.39, 0.29) is 6.10 Å². The van der Waals surface area contributed by atoms with Crippen LogP contribution >= 0.6 is 11.3 Å². The molecule has 2 heterocycles. The van der Waals surface area contributed by atoms with Crippen molar-refractivity contribution in [2.75, 3.05) is 12.3 Å². The number of hydrogen-bond donors (Lipinski definition) is 1. The van der Waals surface area contributed by atoms with Crippen LogP contribution in [0, 0.1) is 0 Å². The van der Waals surface area contributed by atoms with E-state index < -0.39 is 0 Å². The first-order valence-corrected chi connectivity index (χ1v) is 7.68. The fourth-order valence-electron chi connectivity index (χ4n) is 2.08. The molecule has 0 fully saturated rings. The molecule has 0 spiro atoms. The summed E-state index contributed by atoms with van der Waals surface area (Å²) in [5.74, 6) is 1.29. The van der Waals surface area contributed by atoms with Gasteiger partial charge in [0.05, 0.1) is 5.39 Å². The van der Waals surface area contributed by atoms with Crippen molar-refractivity contribution in [1.29, 1.82) is 0 Å². The summed E-state index contributed by atoms with van der Waals surface area (Å²) in [5, 5.41) is 0.970. The minimum Gasteiger partial charge on any atom is -0.383 e. The highest BCUT2D eigenvalue weighted by atomic mass is 32.1. The third kappa shape index (κ3) is 3.04. The van der Waals surface area contributed by atoms with Crippen molar-refractivity contribution in [2.45, 2.75) is 46.1 Å². The van der Waals surface area contributed by atoms with E-state index in [4.69, 9.17) is 10.5 Å². The van der Waals surface area contributed by atoms with Gasteiger partial charge in [-0.25, -0.2) is 9.97 Å². The monoisotopic (exact) mass is 279 g/mol. The van der Waals surface area contributed by atoms with Gasteiger partial charge < -0.3 is 10.5 Å². The summed E-state index contributed by atoms with van der Waals surface area (Å²) >= 11 is 1.69. The number of thiophene rings is 1. The zero-order valence-electron chi connectivity index (χ0n) is 11.8. The second kappa shape index (κ2) is 6.30. The quantitative estimate of drug-likeness (QED) is 0.875. The van der Waals surface area contributed by atoms with Gasteiger partial charge in [-0.3, -0.25) is 0 Å². The van der Waals surface area contributed by atoms with Crippen molar-refractivity contribution in [3.63, 3.8) is 0 Å². The molecule has 0 radical (unpaired) electrons. The van der Waals surface area contributed by atoms with E-state index in [1.165, 1.54) is 4.88 Å². The summed E-state index contributed by atoms with van der Waals surface area (Å²) in [6.45, 7) is 6.92. The Hall–Kier alpha value is -1.20. The van der Waals surface area contributed by atoms with Gasteiger partial charge in [-0.15, -0.1) is 11.3 Å². The lowest BCUT2D eigenvalue weighted by Gasteiger charge is -2.15. The Kier molecular flexibility index (Phi) is 4.71. The Bertz CT molecular complexity index is 547. The molecule has 2 rings (SSSR count). The van der Waals surface area contributed by atoms with Gasteiger partial charge in [0.25, 0.3) is 0 Å². The number of aromatic nitrogens is 2. The number of ether oxygens (including phenoxy) is 1. The van der Waals surface area contributed by atoms with Crippen molar-refractivity contribution >= 4 is 27.4 Å². The van der Waals surface area contributed by atoms with Crippen LogP contribution < -0.4 is 5.73 Å². The molecule has 0 aliphatic rings. The van der Waals surface area contributed by atoms with Crippen LogP contribution in [0.25, 0.3) is 10.2 Å². The highest BCUT2D eigenvalue weighted by Gasteiger charge is 2.17. The van der Waals surface area contributed by atoms with Gasteiger partial charge in [-0.05, 0) is 25.8 Å². The second-order valence-corrected chi connectivity index (χ2v) is 5.60. The maximum atomic E-state index is 6.06. The smallest absolute Gasteiger partial charge is 0.161 e. The fourth-order valence-corrected chi connectivity index (χ4v) is 3.06. The molecule has 104 valence electrons. The summed E-state index contributed by atoms with van der Waals surface area (Å²) in [6, 6.07) is 2.09. The molecular weight excluding hydrogens is 258 g/mol. The summed E-state index contributed by atoms with van der Waals surface area (Å²) in [7, 11) is 0. The fraction of sp³-hybridized carbons (Fsp3) is 0.571.